The highest BCUT2D eigenvalue weighted by molar-refractivity contribution is 5.87. The van der Waals surface area contributed by atoms with Crippen LogP contribution in [0.4, 0.5) is 0 Å². The fourth-order valence-electron chi connectivity index (χ4n) is 3.50. The van der Waals surface area contributed by atoms with Gasteiger partial charge in [0.25, 0.3) is 0 Å². The number of nitrogens with one attached hydrogen (secondary N) is 1. The number of amides is 2. The lowest BCUT2D eigenvalue weighted by Crippen LogP contribution is -2.49. The van der Waals surface area contributed by atoms with Crippen LogP contribution < -0.4 is 28.3 Å². The van der Waals surface area contributed by atoms with Crippen LogP contribution in [-0.2, 0) is 9.59 Å². The van der Waals surface area contributed by atoms with Gasteiger partial charge in [-0.3, -0.25) is 9.59 Å². The van der Waals surface area contributed by atoms with Crippen LogP contribution >= 0.6 is 0 Å². The molecule has 30 heavy (non-hydrogen) atoms. The highest BCUT2D eigenvalue weighted by atomic mass is 16.2. The Bertz CT molecular complexity index is 408. The van der Waals surface area contributed by atoms with Crippen LogP contribution in [0.15, 0.2) is 0 Å². The maximum atomic E-state index is 13.2. The van der Waals surface area contributed by atoms with Gasteiger partial charge in [0.05, 0.1) is 12.5 Å². The van der Waals surface area contributed by atoms with Crippen molar-refractivity contribution in [2.75, 3.05) is 39.3 Å². The van der Waals surface area contributed by atoms with E-state index in [2.05, 4.69) is 5.32 Å². The summed E-state index contributed by atoms with van der Waals surface area (Å²) < 4.78 is 0. The molecule has 0 rings (SSSR count). The van der Waals surface area contributed by atoms with Crippen molar-refractivity contribution < 1.29 is 9.59 Å². The molecular weight excluding hydrogens is 380 g/mol. The second kappa shape index (κ2) is 21.0. The van der Waals surface area contributed by atoms with Crippen LogP contribution in [0.25, 0.3) is 0 Å². The number of rotatable bonds is 22. The maximum Gasteiger partial charge on any atom is 0.240 e. The summed E-state index contributed by atoms with van der Waals surface area (Å²) >= 11 is 0. The summed E-state index contributed by atoms with van der Waals surface area (Å²) in [6.45, 7) is 4.26. The van der Waals surface area contributed by atoms with Gasteiger partial charge in [-0.05, 0) is 64.7 Å². The second-order valence-electron chi connectivity index (χ2n) is 8.11. The van der Waals surface area contributed by atoms with E-state index in [1.54, 1.807) is 0 Å². The lowest BCUT2D eigenvalue weighted by Gasteiger charge is -2.28. The van der Waals surface area contributed by atoms with Crippen LogP contribution in [0.1, 0.15) is 83.5 Å². The van der Waals surface area contributed by atoms with E-state index in [0.717, 1.165) is 77.0 Å². The minimum Gasteiger partial charge on any atom is -0.370 e. The van der Waals surface area contributed by atoms with E-state index in [1.807, 2.05) is 4.90 Å². The Morgan fingerprint density at radius 2 is 1.10 bits per heavy atom. The van der Waals surface area contributed by atoms with Crippen LogP contribution in [0, 0.1) is 0 Å². The van der Waals surface area contributed by atoms with Crippen molar-refractivity contribution in [1.82, 2.24) is 10.2 Å². The number of hydrogen-bond acceptors (Lipinski definition) is 6. The summed E-state index contributed by atoms with van der Waals surface area (Å²) in [5, 5.41) is 3.27. The Kier molecular flexibility index (Phi) is 20.2. The smallest absolute Gasteiger partial charge is 0.240 e. The van der Waals surface area contributed by atoms with E-state index >= 15 is 0 Å². The van der Waals surface area contributed by atoms with Crippen LogP contribution in [0.5, 0.6) is 0 Å². The van der Waals surface area contributed by atoms with Gasteiger partial charge < -0.3 is 33.2 Å². The molecule has 2 amide bonds. The summed E-state index contributed by atoms with van der Waals surface area (Å²) in [7, 11) is 0. The molecule has 1 atom stereocenters. The lowest BCUT2D eigenvalue weighted by molar-refractivity contribution is -0.135. The van der Waals surface area contributed by atoms with Crippen molar-refractivity contribution in [3.8, 4) is 0 Å². The highest BCUT2D eigenvalue weighted by Gasteiger charge is 2.25. The normalized spacial score (nSPS) is 12.1. The van der Waals surface area contributed by atoms with Gasteiger partial charge in [0.15, 0.2) is 0 Å². The molecule has 9 N–H and O–H groups in total. The zero-order valence-corrected chi connectivity index (χ0v) is 19.1. The summed E-state index contributed by atoms with van der Waals surface area (Å²) in [5.41, 5.74) is 22.1. The highest BCUT2D eigenvalue weighted by Crippen LogP contribution is 2.09. The van der Waals surface area contributed by atoms with Gasteiger partial charge in [0, 0.05) is 13.1 Å². The van der Waals surface area contributed by atoms with Crippen LogP contribution in [0.2, 0.25) is 0 Å². The molecule has 0 aromatic rings. The van der Waals surface area contributed by atoms with Crippen molar-refractivity contribution in [2.24, 2.45) is 22.9 Å². The van der Waals surface area contributed by atoms with Gasteiger partial charge in [0.1, 0.15) is 0 Å². The largest absolute Gasteiger partial charge is 0.370 e. The predicted octanol–water partition coefficient (Wildman–Crippen LogP) is 1.21. The van der Waals surface area contributed by atoms with E-state index in [9.17, 15) is 9.59 Å². The Hall–Kier alpha value is -1.22. The average Bonchev–Trinajstić information content (AvgIpc) is 2.72. The van der Waals surface area contributed by atoms with Gasteiger partial charge in [-0.1, -0.05) is 38.5 Å². The summed E-state index contributed by atoms with van der Waals surface area (Å²) in [4.78, 5) is 26.6. The van der Waals surface area contributed by atoms with E-state index in [-0.39, 0.29) is 12.3 Å². The molecule has 0 aliphatic heterocycles. The number of nitrogens with two attached hydrogens (primary N) is 4. The SMILES string of the molecule is NCCCCCCNC(CC(N)=O)C(=O)N(CCCCCCN)CCCCCCN. The third kappa shape index (κ3) is 16.6. The van der Waals surface area contributed by atoms with E-state index in [1.165, 1.54) is 0 Å². The molecule has 0 aromatic carbocycles. The fourth-order valence-corrected chi connectivity index (χ4v) is 3.50. The van der Waals surface area contributed by atoms with E-state index in [0.29, 0.717) is 39.3 Å². The first-order valence-electron chi connectivity index (χ1n) is 12.0. The molecule has 0 aliphatic rings. The summed E-state index contributed by atoms with van der Waals surface area (Å²) in [6, 6.07) is -0.537. The average molecular weight is 429 g/mol. The van der Waals surface area contributed by atoms with Gasteiger partial charge in [-0.25, -0.2) is 0 Å². The van der Waals surface area contributed by atoms with Gasteiger partial charge in [-0.15, -0.1) is 0 Å². The Morgan fingerprint density at radius 1 is 0.667 bits per heavy atom. The van der Waals surface area contributed by atoms with Crippen molar-refractivity contribution in [3.63, 3.8) is 0 Å². The monoisotopic (exact) mass is 428 g/mol. The van der Waals surface area contributed by atoms with E-state index < -0.39 is 11.9 Å². The first kappa shape index (κ1) is 28.8. The Morgan fingerprint density at radius 3 is 1.53 bits per heavy atom. The minimum atomic E-state index is -0.537. The zero-order chi connectivity index (χ0) is 22.5. The van der Waals surface area contributed by atoms with Crippen molar-refractivity contribution >= 4 is 11.8 Å². The molecule has 0 saturated carbocycles. The molecule has 0 bridgehead atoms. The van der Waals surface area contributed by atoms with Crippen LogP contribution in [-0.4, -0.2) is 62.0 Å². The van der Waals surface area contributed by atoms with Gasteiger partial charge in [0.2, 0.25) is 11.8 Å². The predicted molar refractivity (Wildman–Crippen MR) is 125 cm³/mol. The number of carbonyl (C=O) groups is 2. The molecule has 0 aliphatic carbocycles. The standard InChI is InChI=1S/C22H48N6O2/c23-13-7-1-4-10-16-27-20(19-21(26)29)22(30)28(17-11-5-2-8-14-24)18-12-6-3-9-15-25/h20,27H,1-19,23-25H2,(H2,26,29). The molecule has 0 fully saturated rings. The summed E-state index contributed by atoms with van der Waals surface area (Å²) in [6.07, 6.45) is 12.4. The van der Waals surface area contributed by atoms with Crippen molar-refractivity contribution in [1.29, 1.82) is 0 Å². The fraction of sp³-hybridized carbons (Fsp3) is 0.909. The van der Waals surface area contributed by atoms with Crippen molar-refractivity contribution in [3.05, 3.63) is 0 Å². The van der Waals surface area contributed by atoms with E-state index in [4.69, 9.17) is 22.9 Å². The third-order valence-corrected chi connectivity index (χ3v) is 5.30. The molecule has 0 spiro atoms. The summed E-state index contributed by atoms with van der Waals surface area (Å²) in [5.74, 6) is -0.455. The van der Waals surface area contributed by atoms with Gasteiger partial charge in [-0.2, -0.15) is 0 Å². The quantitative estimate of drug-likeness (QED) is 0.163. The molecular formula is C22H48N6O2. The first-order chi connectivity index (χ1) is 14.6. The Labute approximate surface area is 183 Å². The number of hydrogen-bond donors (Lipinski definition) is 5. The number of nitrogens with zero attached hydrogens (tertiary/aromatic N) is 1. The number of carbonyl (C=O) groups excluding carboxylic acids is 2. The molecule has 1 unspecified atom stereocenters. The number of primary amides is 1. The maximum absolute atomic E-state index is 13.2. The first-order valence-corrected chi connectivity index (χ1v) is 12.0. The topological polar surface area (TPSA) is 153 Å². The Balaban J connectivity index is 4.69. The minimum absolute atomic E-state index is 0.00610. The third-order valence-electron chi connectivity index (χ3n) is 5.30. The molecule has 178 valence electrons. The molecule has 0 radical (unpaired) electrons. The molecule has 8 heteroatoms. The second-order valence-corrected chi connectivity index (χ2v) is 8.11. The zero-order valence-electron chi connectivity index (χ0n) is 19.1. The van der Waals surface area contributed by atoms with Crippen molar-refractivity contribution in [2.45, 2.75) is 89.5 Å². The molecule has 0 aromatic heterocycles. The van der Waals surface area contributed by atoms with Gasteiger partial charge >= 0.3 is 0 Å². The molecule has 0 heterocycles. The molecule has 8 nitrogen and oxygen atoms in total. The molecule has 0 saturated heterocycles. The lowest BCUT2D eigenvalue weighted by atomic mass is 10.1. The number of unbranched alkanes of at least 4 members (excludes halogenated alkanes) is 9. The van der Waals surface area contributed by atoms with Crippen LogP contribution in [0.3, 0.4) is 0 Å².